The molecule has 1 aromatic heterocycles. The van der Waals surface area contributed by atoms with Crippen LogP contribution in [0.5, 0.6) is 0 Å². The number of hydrogen-bond acceptors (Lipinski definition) is 8. The monoisotopic (exact) mass is 434 g/mol. The summed E-state index contributed by atoms with van der Waals surface area (Å²) in [5.41, 5.74) is 0.963. The van der Waals surface area contributed by atoms with E-state index < -0.39 is 47.4 Å². The van der Waals surface area contributed by atoms with Crippen molar-refractivity contribution in [1.82, 2.24) is 9.88 Å². The first-order valence-electron chi connectivity index (χ1n) is 8.46. The predicted octanol–water partition coefficient (Wildman–Crippen LogP) is 0.899. The average molecular weight is 434 g/mol. The van der Waals surface area contributed by atoms with E-state index in [0.29, 0.717) is 21.0 Å². The lowest BCUT2D eigenvalue weighted by molar-refractivity contribution is -0.149. The maximum atomic E-state index is 13.0. The number of benzene rings is 1. The van der Waals surface area contributed by atoms with Crippen LogP contribution in [0.2, 0.25) is 0 Å². The fourth-order valence-electron chi connectivity index (χ4n) is 3.67. The van der Waals surface area contributed by atoms with Crippen LogP contribution in [0.15, 0.2) is 34.1 Å². The summed E-state index contributed by atoms with van der Waals surface area (Å²) in [4.78, 5) is 64.2. The number of esters is 1. The molecule has 2 amide bonds. The Kier molecular flexibility index (Phi) is 4.79. The summed E-state index contributed by atoms with van der Waals surface area (Å²) in [5.74, 6) is -4.40. The van der Waals surface area contributed by atoms with E-state index in [0.717, 1.165) is 28.0 Å². The third kappa shape index (κ3) is 3.15. The van der Waals surface area contributed by atoms with Crippen LogP contribution in [-0.2, 0) is 19.1 Å². The number of carbonyl (C=O) groups excluding carboxylic acids is 3. The lowest BCUT2D eigenvalue weighted by atomic mass is 9.83. The van der Waals surface area contributed by atoms with Crippen LogP contribution < -0.4 is 4.87 Å². The highest BCUT2D eigenvalue weighted by Gasteiger charge is 2.56. The number of fused-ring (bicyclic) bond motifs is 2. The zero-order chi connectivity index (χ0) is 20.9. The second-order valence-electron chi connectivity index (χ2n) is 6.52. The van der Waals surface area contributed by atoms with Crippen molar-refractivity contribution in [3.8, 4) is 0 Å². The molecule has 1 saturated heterocycles. The number of carboxylic acids is 1. The number of rotatable bonds is 4. The number of aliphatic carboxylic acids is 1. The Morgan fingerprint density at radius 2 is 1.86 bits per heavy atom. The van der Waals surface area contributed by atoms with Crippen molar-refractivity contribution in [3.05, 3.63) is 49.9 Å². The van der Waals surface area contributed by atoms with Gasteiger partial charge in [0.25, 0.3) is 0 Å². The van der Waals surface area contributed by atoms with Crippen LogP contribution in [0, 0.1) is 5.92 Å². The molecule has 4 rings (SSSR count). The molecule has 9 nitrogen and oxygen atoms in total. The Hall–Kier alpha value is -2.92. The molecule has 0 saturated carbocycles. The molecule has 0 bridgehead atoms. The molecule has 2 aromatic rings. The van der Waals surface area contributed by atoms with Gasteiger partial charge in [0.1, 0.15) is 11.8 Å². The molecule has 2 aliphatic heterocycles. The molecular formula is C18H14N2O7S2. The van der Waals surface area contributed by atoms with Crippen LogP contribution in [0.3, 0.4) is 0 Å². The Morgan fingerprint density at radius 1 is 1.17 bits per heavy atom. The number of carboxylic acid groups (broad SMARTS) is 1. The largest absolute Gasteiger partial charge is 0.480 e. The van der Waals surface area contributed by atoms with E-state index in [1.54, 1.807) is 24.3 Å². The zero-order valence-corrected chi connectivity index (χ0v) is 16.5. The van der Waals surface area contributed by atoms with Gasteiger partial charge in [-0.1, -0.05) is 35.2 Å². The topological polar surface area (TPSA) is 134 Å². The molecule has 0 unspecified atom stereocenters. The first-order valence-corrected chi connectivity index (χ1v) is 10.2. The summed E-state index contributed by atoms with van der Waals surface area (Å²) in [6, 6.07) is 6.39. The number of thiazole rings is 1. The standard InChI is InChI=1S/C18H14N2O7S2/c1-27-17(25)8-4-2-7(3-5-8)10-11-13(28-14-12(10)29-18(26)19-14)16(24)20(15(11)23)6-9(21)22/h2-5,10-11,13H,6H2,1H3,(H,19,26)(H,21,22)/t10-,11+,13-/m0/s1. The minimum Gasteiger partial charge on any atom is -0.480 e. The number of ether oxygens (including phenoxy) is 1. The average Bonchev–Trinajstić information content (AvgIpc) is 3.18. The molecule has 11 heteroatoms. The van der Waals surface area contributed by atoms with Gasteiger partial charge in [0, 0.05) is 10.8 Å². The van der Waals surface area contributed by atoms with Crippen molar-refractivity contribution in [2.75, 3.05) is 13.7 Å². The van der Waals surface area contributed by atoms with Gasteiger partial charge in [0.2, 0.25) is 11.8 Å². The molecule has 3 atom stereocenters. The van der Waals surface area contributed by atoms with Crippen molar-refractivity contribution in [3.63, 3.8) is 0 Å². The van der Waals surface area contributed by atoms with Crippen LogP contribution in [-0.4, -0.2) is 57.6 Å². The van der Waals surface area contributed by atoms with Gasteiger partial charge in [-0.3, -0.25) is 24.1 Å². The fourth-order valence-corrected chi connectivity index (χ4v) is 6.21. The summed E-state index contributed by atoms with van der Waals surface area (Å²) in [6.45, 7) is -0.705. The van der Waals surface area contributed by atoms with Crippen LogP contribution >= 0.6 is 23.1 Å². The summed E-state index contributed by atoms with van der Waals surface area (Å²) in [7, 11) is 1.27. The van der Waals surface area contributed by atoms with E-state index in [4.69, 9.17) is 5.11 Å². The Bertz CT molecular complexity index is 1090. The van der Waals surface area contributed by atoms with Gasteiger partial charge in [-0.25, -0.2) is 4.79 Å². The van der Waals surface area contributed by atoms with E-state index in [-0.39, 0.29) is 4.87 Å². The molecule has 2 aliphatic rings. The second kappa shape index (κ2) is 7.16. The van der Waals surface area contributed by atoms with Gasteiger partial charge in [-0.2, -0.15) is 0 Å². The Morgan fingerprint density at radius 3 is 2.48 bits per heavy atom. The Balaban J connectivity index is 1.80. The highest BCUT2D eigenvalue weighted by atomic mass is 32.2. The van der Waals surface area contributed by atoms with E-state index in [9.17, 15) is 24.0 Å². The summed E-state index contributed by atoms with van der Waals surface area (Å²) < 4.78 is 4.69. The molecule has 0 spiro atoms. The number of imide groups is 1. The maximum Gasteiger partial charge on any atom is 0.337 e. The minimum absolute atomic E-state index is 0.305. The summed E-state index contributed by atoms with van der Waals surface area (Å²) in [5, 5.41) is 8.73. The number of nitrogens with zero attached hydrogens (tertiary/aromatic N) is 1. The normalized spacial score (nSPS) is 22.9. The molecule has 2 N–H and O–H groups in total. The van der Waals surface area contributed by atoms with Crippen molar-refractivity contribution in [1.29, 1.82) is 0 Å². The Labute approximate surface area is 171 Å². The predicted molar refractivity (Wildman–Crippen MR) is 102 cm³/mol. The quantitative estimate of drug-likeness (QED) is 0.536. The number of H-pyrrole nitrogens is 1. The van der Waals surface area contributed by atoms with Crippen LogP contribution in [0.1, 0.15) is 26.7 Å². The molecular weight excluding hydrogens is 420 g/mol. The van der Waals surface area contributed by atoms with Crippen LogP contribution in [0.4, 0.5) is 0 Å². The van der Waals surface area contributed by atoms with Gasteiger partial charge in [-0.15, -0.1) is 0 Å². The van der Waals surface area contributed by atoms with Crippen molar-refractivity contribution < 1.29 is 29.0 Å². The molecule has 0 aliphatic carbocycles. The highest BCUT2D eigenvalue weighted by molar-refractivity contribution is 8.00. The highest BCUT2D eigenvalue weighted by Crippen LogP contribution is 2.52. The van der Waals surface area contributed by atoms with E-state index in [1.165, 1.54) is 7.11 Å². The molecule has 1 fully saturated rings. The first kappa shape index (κ1) is 19.4. The summed E-state index contributed by atoms with van der Waals surface area (Å²) in [6.07, 6.45) is 0. The third-order valence-corrected chi connectivity index (χ3v) is 7.30. The fraction of sp³-hybridized carbons (Fsp3) is 0.278. The number of aromatic nitrogens is 1. The second-order valence-corrected chi connectivity index (χ2v) is 8.69. The molecule has 150 valence electrons. The number of thioether (sulfide) groups is 1. The number of carbonyl (C=O) groups is 4. The zero-order valence-electron chi connectivity index (χ0n) is 14.9. The SMILES string of the molecule is COC(=O)c1ccc([C@@H]2c3sc(=O)[nH]c3S[C@@H]3C(=O)N(CC(=O)O)C(=O)[C@H]23)cc1. The van der Waals surface area contributed by atoms with Gasteiger partial charge >= 0.3 is 16.8 Å². The van der Waals surface area contributed by atoms with Crippen molar-refractivity contribution in [2.45, 2.75) is 16.2 Å². The molecule has 29 heavy (non-hydrogen) atoms. The lowest BCUT2D eigenvalue weighted by Crippen LogP contribution is -2.36. The number of likely N-dealkylation sites (tertiary alicyclic amines) is 1. The van der Waals surface area contributed by atoms with Gasteiger partial charge in [-0.05, 0) is 17.7 Å². The molecule has 0 radical (unpaired) electrons. The maximum absolute atomic E-state index is 13.0. The number of nitrogens with one attached hydrogen (secondary N) is 1. The van der Waals surface area contributed by atoms with E-state index >= 15 is 0 Å². The lowest BCUT2D eigenvalue weighted by Gasteiger charge is -2.29. The number of amides is 2. The van der Waals surface area contributed by atoms with Crippen molar-refractivity contribution in [2.24, 2.45) is 5.92 Å². The van der Waals surface area contributed by atoms with Gasteiger partial charge in [0.05, 0.1) is 23.6 Å². The summed E-state index contributed by atoms with van der Waals surface area (Å²) >= 11 is 2.03. The molecule has 3 heterocycles. The first-order chi connectivity index (χ1) is 13.8. The van der Waals surface area contributed by atoms with Crippen LogP contribution in [0.25, 0.3) is 0 Å². The number of methoxy groups -OCH3 is 1. The third-order valence-electron chi connectivity index (χ3n) is 4.90. The van der Waals surface area contributed by atoms with Gasteiger partial charge in [0.15, 0.2) is 0 Å². The molecule has 1 aromatic carbocycles. The minimum atomic E-state index is -1.28. The van der Waals surface area contributed by atoms with Gasteiger partial charge < -0.3 is 14.8 Å². The van der Waals surface area contributed by atoms with Crippen molar-refractivity contribution >= 4 is 46.9 Å². The van der Waals surface area contributed by atoms with E-state index in [1.807, 2.05) is 0 Å². The number of aromatic amines is 1. The number of hydrogen-bond donors (Lipinski definition) is 2. The van der Waals surface area contributed by atoms with E-state index in [2.05, 4.69) is 9.72 Å². The smallest absolute Gasteiger partial charge is 0.337 e.